The van der Waals surface area contributed by atoms with Crippen molar-refractivity contribution in [2.45, 2.75) is 19.0 Å². The van der Waals surface area contributed by atoms with Gasteiger partial charge in [-0.3, -0.25) is 0 Å². The molecule has 0 N–H and O–H groups in total. The monoisotopic (exact) mass is 632 g/mol. The normalized spacial score (nSPS) is 11.0. The van der Waals surface area contributed by atoms with Crippen molar-refractivity contribution in [3.63, 3.8) is 0 Å². The predicted octanol–water partition coefficient (Wildman–Crippen LogP) is 8.93. The molecule has 12 nitrogen and oxygen atoms in total. The lowest BCUT2D eigenvalue weighted by Crippen LogP contribution is -1.87. The van der Waals surface area contributed by atoms with Crippen molar-refractivity contribution in [3.8, 4) is 0 Å². The molecule has 0 spiro atoms. The van der Waals surface area contributed by atoms with Crippen molar-refractivity contribution in [3.05, 3.63) is 103 Å². The summed E-state index contributed by atoms with van der Waals surface area (Å²) in [4.78, 5) is 26.6. The third-order valence-electron chi connectivity index (χ3n) is 6.17. The topological polar surface area (TPSA) is 156 Å². The van der Waals surface area contributed by atoms with E-state index in [0.717, 1.165) is 0 Å². The Bertz CT molecular complexity index is 2370. The van der Waals surface area contributed by atoms with Crippen LogP contribution < -0.4 is 0 Å². The fraction of sp³-hybridized carbons (Fsp3) is 0.0909. The molecule has 0 fully saturated rings. The van der Waals surface area contributed by atoms with Gasteiger partial charge in [0, 0.05) is 18.2 Å². The molecule has 46 heavy (non-hydrogen) atoms. The van der Waals surface area contributed by atoms with Gasteiger partial charge in [0.2, 0.25) is 34.3 Å². The molecule has 0 saturated heterocycles. The number of hydrogen-bond acceptors (Lipinski definition) is 13. The summed E-state index contributed by atoms with van der Waals surface area (Å²) in [6.07, 6.45) is 1.87. The molecule has 3 aromatic carbocycles. The highest BCUT2D eigenvalue weighted by Crippen LogP contribution is 2.18. The second-order valence-electron chi connectivity index (χ2n) is 9.75. The summed E-state index contributed by atoms with van der Waals surface area (Å²) in [7, 11) is 0. The highest BCUT2D eigenvalue weighted by Gasteiger charge is 2.02. The number of nitrogens with zero attached hydrogens (tertiary/aromatic N) is 6. The molecule has 13 heteroatoms. The molecule has 228 valence electrons. The third kappa shape index (κ3) is 7.05. The van der Waals surface area contributed by atoms with Gasteiger partial charge in [-0.1, -0.05) is 30.0 Å². The number of aryl methyl sites for hydroxylation is 2. The highest BCUT2D eigenvalue weighted by atomic mass is 32.2. The largest absolute Gasteiger partial charge is 0.439 e. The van der Waals surface area contributed by atoms with Gasteiger partial charge >= 0.3 is 0 Å². The van der Waals surface area contributed by atoms with Crippen LogP contribution in [0, 0.1) is 13.8 Å². The predicted molar refractivity (Wildman–Crippen MR) is 172 cm³/mol. The first kappa shape index (κ1) is 28.8. The molecule has 4 heterocycles. The number of rotatable bonds is 1. The Kier molecular flexibility index (Phi) is 7.87. The summed E-state index contributed by atoms with van der Waals surface area (Å²) in [5.41, 5.74) is 4.63. The minimum atomic E-state index is 0.285. The fourth-order valence-corrected chi connectivity index (χ4v) is 4.71. The maximum Gasteiger partial charge on any atom is 0.227 e. The Morgan fingerprint density at radius 3 is 0.913 bits per heavy atom. The van der Waals surface area contributed by atoms with Crippen molar-refractivity contribution >= 4 is 79.5 Å². The van der Waals surface area contributed by atoms with Gasteiger partial charge in [-0.25, -0.2) is 0 Å². The lowest BCUT2D eigenvalue weighted by molar-refractivity contribution is 0.601. The van der Waals surface area contributed by atoms with E-state index in [4.69, 9.17) is 26.5 Å². The molecule has 0 aliphatic heterocycles. The number of benzene rings is 3. The molecule has 0 saturated carbocycles. The summed E-state index contributed by atoms with van der Waals surface area (Å²) >= 11 is 1.35. The van der Waals surface area contributed by atoms with Gasteiger partial charge in [-0.05, 0) is 56.5 Å². The fourth-order valence-electron chi connectivity index (χ4n) is 4.35. The van der Waals surface area contributed by atoms with Crippen LogP contribution in [0.3, 0.4) is 0 Å². The van der Waals surface area contributed by atoms with Gasteiger partial charge in [0.25, 0.3) is 0 Å². The van der Waals surface area contributed by atoms with E-state index in [1.807, 2.05) is 6.26 Å². The maximum absolute atomic E-state index is 6.10. The summed E-state index contributed by atoms with van der Waals surface area (Å²) in [6, 6.07) is 26.0. The highest BCUT2D eigenvalue weighted by molar-refractivity contribution is 7.98. The quantitative estimate of drug-likeness (QED) is 0.125. The van der Waals surface area contributed by atoms with Gasteiger partial charge < -0.3 is 26.5 Å². The van der Waals surface area contributed by atoms with E-state index < -0.39 is 0 Å². The van der Waals surface area contributed by atoms with E-state index in [2.05, 4.69) is 29.9 Å². The number of fused-ring (bicyclic) bond motifs is 12. The Balaban J connectivity index is 1.56. The smallest absolute Gasteiger partial charge is 0.227 e. The van der Waals surface area contributed by atoms with Gasteiger partial charge in [0.1, 0.15) is 45.1 Å². The number of aromatic nitrogens is 6. The molecule has 0 aliphatic carbocycles. The van der Waals surface area contributed by atoms with Crippen LogP contribution in [0.1, 0.15) is 11.6 Å². The second-order valence-corrected chi connectivity index (χ2v) is 10.5. The molecule has 12 bridgehead atoms. The molecule has 0 atom stereocenters. The van der Waals surface area contributed by atoms with Crippen LogP contribution in [0.5, 0.6) is 0 Å². The van der Waals surface area contributed by atoms with Crippen molar-refractivity contribution < 1.29 is 26.5 Å². The first-order valence-electron chi connectivity index (χ1n) is 13.9. The van der Waals surface area contributed by atoms with E-state index in [1.165, 1.54) is 11.8 Å². The zero-order valence-corrected chi connectivity index (χ0v) is 25.5. The zero-order chi connectivity index (χ0) is 31.5. The first-order valence-corrected chi connectivity index (χ1v) is 15.2. The molecule has 0 aliphatic rings. The standard InChI is InChI=1S/C33H24N6O6S/c1-19-34-27-16-29(36-19)42-23-9-5-11-25(14-23)44-31-18-32(39-33(38-31)46-3)45-26-12-6-10-24(15-26)43-30-17-28(35-20(2)37-30)41-22-8-4-7-21(13-22)40-27/h4-18H,1-3H3. The van der Waals surface area contributed by atoms with Crippen LogP contribution in [0.2, 0.25) is 0 Å². The summed E-state index contributed by atoms with van der Waals surface area (Å²) in [5, 5.41) is 0.464. The Labute approximate surface area is 263 Å². The molecular weight excluding hydrogens is 608 g/mol. The minimum absolute atomic E-state index is 0.285. The molecule has 0 amide bonds. The first-order chi connectivity index (χ1) is 22.4. The molecule has 0 unspecified atom stereocenters. The van der Waals surface area contributed by atoms with Gasteiger partial charge in [-0.2, -0.15) is 29.9 Å². The summed E-state index contributed by atoms with van der Waals surface area (Å²) in [6.45, 7) is 3.50. The summed E-state index contributed by atoms with van der Waals surface area (Å²) < 4.78 is 36.5. The average molecular weight is 633 g/mol. The molecule has 7 rings (SSSR count). The van der Waals surface area contributed by atoms with E-state index in [0.29, 0.717) is 50.3 Å². The Morgan fingerprint density at radius 1 is 0.391 bits per heavy atom. The van der Waals surface area contributed by atoms with Crippen molar-refractivity contribution in [1.82, 2.24) is 29.9 Å². The van der Waals surface area contributed by atoms with E-state index in [-0.39, 0.29) is 34.3 Å². The SMILES string of the molecule is CSc1nc2cc(n1)oc1cccc(c1)oc1cc(nc(C)n1)oc1cccc(c1)oc1cc(nc(C)n1)oc1cccc(c1)o2. The van der Waals surface area contributed by atoms with Crippen LogP contribution in [0.15, 0.2) is 123 Å². The molecule has 7 aromatic rings. The van der Waals surface area contributed by atoms with Crippen LogP contribution in [-0.4, -0.2) is 36.2 Å². The Hall–Kier alpha value is -5.95. The van der Waals surface area contributed by atoms with Gasteiger partial charge in [0.15, 0.2) is 5.16 Å². The minimum Gasteiger partial charge on any atom is -0.439 e. The average Bonchev–Trinajstić information content (AvgIpc) is 3.00. The van der Waals surface area contributed by atoms with Crippen LogP contribution in [0.4, 0.5) is 0 Å². The number of thioether (sulfide) groups is 1. The van der Waals surface area contributed by atoms with Crippen molar-refractivity contribution in [1.29, 1.82) is 0 Å². The molecule has 4 aromatic heterocycles. The van der Waals surface area contributed by atoms with Gasteiger partial charge in [-0.15, -0.1) is 0 Å². The summed E-state index contributed by atoms with van der Waals surface area (Å²) in [5.74, 6) is 0.918. The van der Waals surface area contributed by atoms with E-state index in [1.54, 1.807) is 105 Å². The lowest BCUT2D eigenvalue weighted by atomic mass is 10.3. The number of hydrogen-bond donors (Lipinski definition) is 0. The third-order valence-corrected chi connectivity index (χ3v) is 6.72. The maximum atomic E-state index is 6.10. The van der Waals surface area contributed by atoms with Crippen molar-refractivity contribution in [2.24, 2.45) is 0 Å². The van der Waals surface area contributed by atoms with Crippen LogP contribution >= 0.6 is 11.8 Å². The van der Waals surface area contributed by atoms with Crippen LogP contribution in [0.25, 0.3) is 67.8 Å². The Morgan fingerprint density at radius 2 is 0.652 bits per heavy atom. The van der Waals surface area contributed by atoms with E-state index in [9.17, 15) is 0 Å². The van der Waals surface area contributed by atoms with E-state index >= 15 is 0 Å². The van der Waals surface area contributed by atoms with Crippen molar-refractivity contribution in [2.75, 3.05) is 6.26 Å². The van der Waals surface area contributed by atoms with Gasteiger partial charge in [0.05, 0.1) is 18.2 Å². The lowest BCUT2D eigenvalue weighted by Gasteiger charge is -1.98. The zero-order valence-electron chi connectivity index (χ0n) is 24.7. The molecular formula is C33H24N6O6S. The van der Waals surface area contributed by atoms with Crippen LogP contribution in [-0.2, 0) is 0 Å². The second kappa shape index (κ2) is 12.6. The molecule has 0 radical (unpaired) electrons.